The molecule has 0 fully saturated rings. The van der Waals surface area contributed by atoms with Crippen LogP contribution >= 0.6 is 45.8 Å². The Morgan fingerprint density at radius 1 is 1.11 bits per heavy atom. The lowest BCUT2D eigenvalue weighted by molar-refractivity contribution is 0.977. The minimum absolute atomic E-state index is 0.343. The number of hydrogen-bond acceptors (Lipinski definition) is 1. The van der Waals surface area contributed by atoms with Gasteiger partial charge in [-0.15, -0.1) is 11.6 Å². The van der Waals surface area contributed by atoms with Crippen molar-refractivity contribution in [1.82, 2.24) is 9.55 Å². The number of halogens is 3. The molecule has 5 heteroatoms. The summed E-state index contributed by atoms with van der Waals surface area (Å²) in [5.41, 5.74) is 2.82. The van der Waals surface area contributed by atoms with Gasteiger partial charge in [0.2, 0.25) is 0 Å². The van der Waals surface area contributed by atoms with Crippen molar-refractivity contribution in [2.75, 3.05) is 0 Å². The minimum Gasteiger partial charge on any atom is -0.293 e. The van der Waals surface area contributed by atoms with E-state index >= 15 is 0 Å². The molecule has 0 aliphatic heterocycles. The topological polar surface area (TPSA) is 17.8 Å². The summed E-state index contributed by atoms with van der Waals surface area (Å²) in [4.78, 5) is 4.55. The number of benzene rings is 2. The molecule has 2 nitrogen and oxygen atoms in total. The molecule has 0 spiro atoms. The summed E-state index contributed by atoms with van der Waals surface area (Å²) in [6, 6.07) is 13.8. The number of aromatic nitrogens is 2. The van der Waals surface area contributed by atoms with Gasteiger partial charge in [-0.1, -0.05) is 29.8 Å². The molecule has 0 radical (unpaired) electrons. The van der Waals surface area contributed by atoms with Crippen LogP contribution in [-0.4, -0.2) is 9.55 Å². The predicted molar refractivity (Wildman–Crippen MR) is 88.4 cm³/mol. The lowest BCUT2D eigenvalue weighted by Crippen LogP contribution is -2.01. The van der Waals surface area contributed by atoms with Gasteiger partial charge < -0.3 is 0 Å². The molecule has 0 saturated heterocycles. The lowest BCUT2D eigenvalue weighted by Gasteiger charge is -2.10. The first-order chi connectivity index (χ1) is 9.22. The first kappa shape index (κ1) is 13.2. The zero-order chi connectivity index (χ0) is 13.4. The molecule has 96 valence electrons. The maximum atomic E-state index is 6.33. The van der Waals surface area contributed by atoms with Crippen molar-refractivity contribution in [2.45, 2.75) is 5.88 Å². The highest BCUT2D eigenvalue weighted by molar-refractivity contribution is 14.1. The van der Waals surface area contributed by atoms with Crippen LogP contribution in [0.1, 0.15) is 5.82 Å². The van der Waals surface area contributed by atoms with Gasteiger partial charge in [-0.05, 0) is 46.9 Å². The van der Waals surface area contributed by atoms with Gasteiger partial charge in [0.05, 0.1) is 27.6 Å². The van der Waals surface area contributed by atoms with Crippen molar-refractivity contribution >= 4 is 56.8 Å². The third-order valence-electron chi connectivity index (χ3n) is 2.91. The molecule has 0 N–H and O–H groups in total. The second-order valence-electron chi connectivity index (χ2n) is 4.06. The number of imidazole rings is 1. The molecule has 0 unspecified atom stereocenters. The van der Waals surface area contributed by atoms with E-state index in [-0.39, 0.29) is 0 Å². The van der Waals surface area contributed by atoms with Crippen molar-refractivity contribution in [3.05, 3.63) is 56.9 Å². The van der Waals surface area contributed by atoms with E-state index in [1.165, 1.54) is 0 Å². The van der Waals surface area contributed by atoms with Crippen LogP contribution in [0.5, 0.6) is 0 Å². The van der Waals surface area contributed by atoms with Gasteiger partial charge in [-0.2, -0.15) is 0 Å². The largest absolute Gasteiger partial charge is 0.293 e. The molecule has 1 heterocycles. The number of rotatable bonds is 2. The quantitative estimate of drug-likeness (QED) is 0.434. The van der Waals surface area contributed by atoms with Gasteiger partial charge in [0.25, 0.3) is 0 Å². The molecular formula is C14H9Cl2IN2. The van der Waals surface area contributed by atoms with Gasteiger partial charge in [0.1, 0.15) is 5.82 Å². The molecule has 3 rings (SSSR count). The highest BCUT2D eigenvalue weighted by Crippen LogP contribution is 2.30. The van der Waals surface area contributed by atoms with Crippen LogP contribution in [0, 0.1) is 3.57 Å². The summed E-state index contributed by atoms with van der Waals surface area (Å²) >= 11 is 14.7. The molecule has 3 aromatic rings. The van der Waals surface area contributed by atoms with E-state index in [0.29, 0.717) is 10.9 Å². The van der Waals surface area contributed by atoms with Crippen LogP contribution in [-0.2, 0) is 5.88 Å². The van der Waals surface area contributed by atoms with E-state index in [4.69, 9.17) is 23.2 Å². The molecule has 0 amide bonds. The molecule has 2 aromatic carbocycles. The van der Waals surface area contributed by atoms with Gasteiger partial charge in [0, 0.05) is 3.57 Å². The number of para-hydroxylation sites is 2. The van der Waals surface area contributed by atoms with Crippen molar-refractivity contribution in [3.8, 4) is 5.69 Å². The summed E-state index contributed by atoms with van der Waals surface area (Å²) in [6.07, 6.45) is 0. The third-order valence-corrected chi connectivity index (χ3v) is 4.37. The first-order valence-corrected chi connectivity index (χ1v) is 7.68. The van der Waals surface area contributed by atoms with Crippen molar-refractivity contribution in [1.29, 1.82) is 0 Å². The molecule has 19 heavy (non-hydrogen) atoms. The molecule has 0 aliphatic carbocycles. The fourth-order valence-electron chi connectivity index (χ4n) is 2.12. The Balaban J connectivity index is 2.42. The molecular weight excluding hydrogens is 394 g/mol. The van der Waals surface area contributed by atoms with E-state index in [0.717, 1.165) is 26.1 Å². The zero-order valence-electron chi connectivity index (χ0n) is 9.78. The van der Waals surface area contributed by atoms with E-state index in [9.17, 15) is 0 Å². The normalized spacial score (nSPS) is 11.1. The first-order valence-electron chi connectivity index (χ1n) is 5.69. The van der Waals surface area contributed by atoms with Crippen LogP contribution in [0.4, 0.5) is 0 Å². The predicted octanol–water partition coefficient (Wildman–Crippen LogP) is 5.02. The van der Waals surface area contributed by atoms with Crippen LogP contribution in [0.15, 0.2) is 42.5 Å². The minimum atomic E-state index is 0.343. The van der Waals surface area contributed by atoms with Crippen LogP contribution in [0.3, 0.4) is 0 Å². The zero-order valence-corrected chi connectivity index (χ0v) is 13.4. The maximum absolute atomic E-state index is 6.33. The van der Waals surface area contributed by atoms with Gasteiger partial charge >= 0.3 is 0 Å². The third kappa shape index (κ3) is 2.24. The van der Waals surface area contributed by atoms with E-state index in [2.05, 4.69) is 33.6 Å². The average molecular weight is 403 g/mol. The smallest absolute Gasteiger partial charge is 0.129 e. The molecule has 0 saturated carbocycles. The van der Waals surface area contributed by atoms with E-state index < -0.39 is 0 Å². The summed E-state index contributed by atoms with van der Waals surface area (Å²) in [6.45, 7) is 0. The molecule has 1 aromatic heterocycles. The molecule has 0 aliphatic rings. The van der Waals surface area contributed by atoms with E-state index in [1.807, 2.05) is 41.0 Å². The number of alkyl halides is 1. The molecule has 0 bridgehead atoms. The fourth-order valence-corrected chi connectivity index (χ4v) is 3.18. The van der Waals surface area contributed by atoms with Crippen LogP contribution in [0.25, 0.3) is 16.7 Å². The van der Waals surface area contributed by atoms with Gasteiger partial charge in [-0.25, -0.2) is 4.98 Å². The summed E-state index contributed by atoms with van der Waals surface area (Å²) in [5, 5.41) is 0.681. The van der Waals surface area contributed by atoms with Crippen molar-refractivity contribution in [3.63, 3.8) is 0 Å². The van der Waals surface area contributed by atoms with Gasteiger partial charge in [-0.3, -0.25) is 4.57 Å². The fraction of sp³-hybridized carbons (Fsp3) is 0.0714. The number of hydrogen-bond donors (Lipinski definition) is 0. The monoisotopic (exact) mass is 402 g/mol. The highest BCUT2D eigenvalue weighted by Gasteiger charge is 2.15. The SMILES string of the molecule is ClCc1nc2cccc(Cl)c2n1-c1ccccc1I. The van der Waals surface area contributed by atoms with Crippen LogP contribution in [0.2, 0.25) is 5.02 Å². The Kier molecular flexibility index (Phi) is 3.69. The Morgan fingerprint density at radius 3 is 2.63 bits per heavy atom. The standard InChI is InChI=1S/C14H9Cl2IN2/c15-8-13-18-11-6-3-4-9(16)14(11)19(13)12-7-2-1-5-10(12)17/h1-7H,8H2. The number of nitrogens with zero attached hydrogens (tertiary/aromatic N) is 2. The number of fused-ring (bicyclic) bond motifs is 1. The Labute approximate surface area is 134 Å². The Morgan fingerprint density at radius 2 is 1.89 bits per heavy atom. The van der Waals surface area contributed by atoms with Crippen LogP contribution < -0.4 is 0 Å². The average Bonchev–Trinajstić information content (AvgIpc) is 2.79. The second-order valence-corrected chi connectivity index (χ2v) is 5.89. The summed E-state index contributed by atoms with van der Waals surface area (Å²) < 4.78 is 3.16. The second kappa shape index (κ2) is 5.31. The molecule has 0 atom stereocenters. The maximum Gasteiger partial charge on any atom is 0.129 e. The van der Waals surface area contributed by atoms with Crippen molar-refractivity contribution in [2.24, 2.45) is 0 Å². The summed E-state index contributed by atoms with van der Waals surface area (Å²) in [5.74, 6) is 1.14. The van der Waals surface area contributed by atoms with Gasteiger partial charge in [0.15, 0.2) is 0 Å². The van der Waals surface area contributed by atoms with Crippen molar-refractivity contribution < 1.29 is 0 Å². The lowest BCUT2D eigenvalue weighted by atomic mass is 10.3. The summed E-state index contributed by atoms with van der Waals surface area (Å²) in [7, 11) is 0. The van der Waals surface area contributed by atoms with E-state index in [1.54, 1.807) is 0 Å². The highest BCUT2D eigenvalue weighted by atomic mass is 127. The Hall–Kier alpha value is -0.780. The Bertz CT molecular complexity index is 752.